The summed E-state index contributed by atoms with van der Waals surface area (Å²) in [6.07, 6.45) is 39.1. The Bertz CT molecular complexity index is 589. The summed E-state index contributed by atoms with van der Waals surface area (Å²) in [5.41, 5.74) is 0. The lowest BCUT2D eigenvalue weighted by atomic mass is 10.0. The summed E-state index contributed by atoms with van der Waals surface area (Å²) in [5.74, 6) is -0.470. The molecular weight excluding hydrogens is 588 g/mol. The minimum atomic E-state index is -0.544. The van der Waals surface area contributed by atoms with E-state index in [1.807, 2.05) is 0 Å². The Labute approximate surface area is 292 Å². The van der Waals surface area contributed by atoms with Crippen molar-refractivity contribution in [2.75, 3.05) is 26.4 Å². The molecule has 0 amide bonds. The maximum absolute atomic E-state index is 12.2. The van der Waals surface area contributed by atoms with Gasteiger partial charge in [-0.15, -0.1) is 0 Å². The van der Waals surface area contributed by atoms with E-state index in [0.717, 1.165) is 25.7 Å². The van der Waals surface area contributed by atoms with E-state index in [0.29, 0.717) is 12.8 Å². The van der Waals surface area contributed by atoms with Crippen LogP contribution in [0.1, 0.15) is 219 Å². The van der Waals surface area contributed by atoms with Crippen molar-refractivity contribution in [3.63, 3.8) is 0 Å². The van der Waals surface area contributed by atoms with Crippen LogP contribution in [0, 0.1) is 0 Å². The van der Waals surface area contributed by atoms with E-state index in [1.54, 1.807) is 0 Å². The molecular formula is C41H80O6. The third-order valence-corrected chi connectivity index (χ3v) is 9.27. The Morgan fingerprint density at radius 2 is 0.681 bits per heavy atom. The van der Waals surface area contributed by atoms with E-state index in [1.165, 1.54) is 167 Å². The first-order chi connectivity index (χ1) is 23.1. The maximum Gasteiger partial charge on any atom is 0.305 e. The summed E-state index contributed by atoms with van der Waals surface area (Å²) in [6.45, 7) is 4.63. The van der Waals surface area contributed by atoms with Crippen LogP contribution in [0.4, 0.5) is 0 Å². The van der Waals surface area contributed by atoms with Gasteiger partial charge in [0.2, 0.25) is 0 Å². The molecule has 0 heterocycles. The van der Waals surface area contributed by atoms with Crippen LogP contribution in [0.15, 0.2) is 0 Å². The van der Waals surface area contributed by atoms with Crippen molar-refractivity contribution in [2.45, 2.75) is 225 Å². The fourth-order valence-electron chi connectivity index (χ4n) is 6.16. The third-order valence-electron chi connectivity index (χ3n) is 9.27. The monoisotopic (exact) mass is 669 g/mol. The second kappa shape index (κ2) is 39.3. The van der Waals surface area contributed by atoms with Crippen molar-refractivity contribution in [2.24, 2.45) is 0 Å². The molecule has 6 heteroatoms. The molecule has 0 fully saturated rings. The summed E-state index contributed by atoms with van der Waals surface area (Å²) in [5, 5.41) is 9.13. The lowest BCUT2D eigenvalue weighted by molar-refractivity contribution is -0.155. The van der Waals surface area contributed by atoms with Crippen LogP contribution in [-0.2, 0) is 23.8 Å². The SMILES string of the molecule is CCCCCCCCCCCCCCCCCC(=O)OCC(COC(=O)CCCCCCCCCCCCCCCCC)OCCO. The normalized spacial score (nSPS) is 11.4. The molecule has 0 radical (unpaired) electrons. The molecule has 280 valence electrons. The van der Waals surface area contributed by atoms with E-state index in [2.05, 4.69) is 13.8 Å². The predicted molar refractivity (Wildman–Crippen MR) is 198 cm³/mol. The third kappa shape index (κ3) is 37.5. The number of unbranched alkanes of at least 4 members (excludes halogenated alkanes) is 28. The molecule has 0 spiro atoms. The smallest absolute Gasteiger partial charge is 0.305 e. The number of rotatable bonds is 39. The van der Waals surface area contributed by atoms with Gasteiger partial charge in [0.25, 0.3) is 0 Å². The zero-order chi connectivity index (χ0) is 34.3. The summed E-state index contributed by atoms with van der Waals surface area (Å²) in [7, 11) is 0. The second-order valence-electron chi connectivity index (χ2n) is 14.0. The molecule has 0 atom stereocenters. The number of aliphatic hydroxyl groups is 1. The molecule has 0 rings (SSSR count). The van der Waals surface area contributed by atoms with Crippen molar-refractivity contribution < 1.29 is 28.9 Å². The Hall–Kier alpha value is -1.14. The van der Waals surface area contributed by atoms with Gasteiger partial charge in [0.1, 0.15) is 19.3 Å². The number of esters is 2. The molecule has 6 nitrogen and oxygen atoms in total. The predicted octanol–water partition coefficient (Wildman–Crippen LogP) is 12.0. The topological polar surface area (TPSA) is 82.1 Å². The van der Waals surface area contributed by atoms with Gasteiger partial charge in [-0.05, 0) is 12.8 Å². The number of carbonyl (C=O) groups excluding carboxylic acids is 2. The van der Waals surface area contributed by atoms with Gasteiger partial charge in [-0.3, -0.25) is 9.59 Å². The Kier molecular flexibility index (Phi) is 38.3. The van der Waals surface area contributed by atoms with E-state index >= 15 is 0 Å². The van der Waals surface area contributed by atoms with Crippen LogP contribution in [0.3, 0.4) is 0 Å². The van der Waals surface area contributed by atoms with E-state index in [9.17, 15) is 9.59 Å². The molecule has 1 N–H and O–H groups in total. The van der Waals surface area contributed by atoms with Gasteiger partial charge in [0.15, 0.2) is 0 Å². The van der Waals surface area contributed by atoms with Crippen LogP contribution in [-0.4, -0.2) is 49.6 Å². The van der Waals surface area contributed by atoms with Crippen LogP contribution < -0.4 is 0 Å². The molecule has 0 saturated heterocycles. The molecule has 0 aliphatic heterocycles. The highest BCUT2D eigenvalue weighted by atomic mass is 16.6. The first kappa shape index (κ1) is 45.9. The molecule has 0 aliphatic carbocycles. The van der Waals surface area contributed by atoms with Gasteiger partial charge in [0, 0.05) is 12.8 Å². The second-order valence-corrected chi connectivity index (χ2v) is 14.0. The zero-order valence-electron chi connectivity index (χ0n) is 31.5. The number of carbonyl (C=O) groups is 2. The lowest BCUT2D eigenvalue weighted by Crippen LogP contribution is -2.29. The minimum absolute atomic E-state index is 0.0454. The number of hydrogen-bond acceptors (Lipinski definition) is 6. The Morgan fingerprint density at radius 1 is 0.426 bits per heavy atom. The average Bonchev–Trinajstić information content (AvgIpc) is 3.07. The van der Waals surface area contributed by atoms with Gasteiger partial charge in [-0.2, -0.15) is 0 Å². The molecule has 0 aromatic carbocycles. The molecule has 0 aliphatic rings. The number of aliphatic hydroxyl groups excluding tert-OH is 1. The Balaban J connectivity index is 3.67. The fraction of sp³-hybridized carbons (Fsp3) is 0.951. The van der Waals surface area contributed by atoms with E-state index < -0.39 is 6.10 Å². The quantitative estimate of drug-likeness (QED) is 0.0518. The molecule has 0 saturated carbocycles. The van der Waals surface area contributed by atoms with Crippen molar-refractivity contribution in [1.82, 2.24) is 0 Å². The molecule has 0 aromatic rings. The van der Waals surface area contributed by atoms with Gasteiger partial charge in [-0.1, -0.05) is 194 Å². The fourth-order valence-corrected chi connectivity index (χ4v) is 6.16. The van der Waals surface area contributed by atoms with Gasteiger partial charge in [-0.25, -0.2) is 0 Å². The van der Waals surface area contributed by atoms with E-state index in [4.69, 9.17) is 19.3 Å². The summed E-state index contributed by atoms with van der Waals surface area (Å²) < 4.78 is 16.4. The van der Waals surface area contributed by atoms with Gasteiger partial charge < -0.3 is 19.3 Å². The van der Waals surface area contributed by atoms with Crippen molar-refractivity contribution in [3.05, 3.63) is 0 Å². The first-order valence-electron chi connectivity index (χ1n) is 20.7. The highest BCUT2D eigenvalue weighted by Gasteiger charge is 2.15. The van der Waals surface area contributed by atoms with Crippen molar-refractivity contribution in [1.29, 1.82) is 0 Å². The van der Waals surface area contributed by atoms with Crippen LogP contribution in [0.5, 0.6) is 0 Å². The highest BCUT2D eigenvalue weighted by Crippen LogP contribution is 2.15. The van der Waals surface area contributed by atoms with Crippen LogP contribution in [0.25, 0.3) is 0 Å². The Morgan fingerprint density at radius 3 is 0.936 bits per heavy atom. The molecule has 0 aromatic heterocycles. The summed E-state index contributed by atoms with van der Waals surface area (Å²) in [4.78, 5) is 24.5. The minimum Gasteiger partial charge on any atom is -0.463 e. The average molecular weight is 669 g/mol. The van der Waals surface area contributed by atoms with E-state index in [-0.39, 0.29) is 38.4 Å². The summed E-state index contributed by atoms with van der Waals surface area (Å²) >= 11 is 0. The van der Waals surface area contributed by atoms with Crippen molar-refractivity contribution in [3.8, 4) is 0 Å². The largest absolute Gasteiger partial charge is 0.463 e. The molecule has 0 unspecified atom stereocenters. The highest BCUT2D eigenvalue weighted by molar-refractivity contribution is 5.69. The number of hydrogen-bond donors (Lipinski definition) is 1. The first-order valence-corrected chi connectivity index (χ1v) is 20.7. The standard InChI is InChI=1S/C41H80O6/c1-3-5-7-9-11-13-15-17-19-21-23-25-27-29-31-33-40(43)46-37-39(45-36-35-42)38-47-41(44)34-32-30-28-26-24-22-20-18-16-14-12-10-8-6-4-2/h39,42H,3-38H2,1-2H3. The molecule has 0 bridgehead atoms. The number of ether oxygens (including phenoxy) is 3. The van der Waals surface area contributed by atoms with Gasteiger partial charge >= 0.3 is 11.9 Å². The van der Waals surface area contributed by atoms with Crippen molar-refractivity contribution >= 4 is 11.9 Å². The zero-order valence-corrected chi connectivity index (χ0v) is 31.5. The van der Waals surface area contributed by atoms with Crippen LogP contribution >= 0.6 is 0 Å². The maximum atomic E-state index is 12.2. The lowest BCUT2D eigenvalue weighted by Gasteiger charge is -2.17. The summed E-state index contributed by atoms with van der Waals surface area (Å²) in [6, 6.07) is 0. The van der Waals surface area contributed by atoms with Gasteiger partial charge in [0.05, 0.1) is 13.2 Å². The molecule has 47 heavy (non-hydrogen) atoms. The van der Waals surface area contributed by atoms with Crippen LogP contribution in [0.2, 0.25) is 0 Å².